The summed E-state index contributed by atoms with van der Waals surface area (Å²) in [5, 5.41) is 3.70. The number of likely N-dealkylation sites (tertiary alicyclic amines) is 1. The lowest BCUT2D eigenvalue weighted by Gasteiger charge is -2.36. The van der Waals surface area contributed by atoms with Gasteiger partial charge >= 0.3 is 0 Å². The van der Waals surface area contributed by atoms with E-state index in [1.54, 1.807) is 4.90 Å². The fraction of sp³-hybridized carbons (Fsp3) is 0.448. The number of nitrogens with one attached hydrogen (secondary N) is 1. The van der Waals surface area contributed by atoms with Crippen LogP contribution in [0.1, 0.15) is 12.0 Å². The third-order valence-corrected chi connectivity index (χ3v) is 8.68. The van der Waals surface area contributed by atoms with E-state index in [0.717, 1.165) is 50.4 Å². The van der Waals surface area contributed by atoms with Gasteiger partial charge < -0.3 is 19.9 Å². The summed E-state index contributed by atoms with van der Waals surface area (Å²) < 4.78 is 19.4. The largest absolute Gasteiger partial charge is 0.369 e. The van der Waals surface area contributed by atoms with E-state index in [1.165, 1.54) is 12.1 Å². The molecule has 0 aromatic heterocycles. The first-order chi connectivity index (χ1) is 18.4. The lowest BCUT2D eigenvalue weighted by Crippen LogP contribution is -2.47. The van der Waals surface area contributed by atoms with Gasteiger partial charge in [-0.1, -0.05) is 42.0 Å². The number of rotatable bonds is 8. The van der Waals surface area contributed by atoms with Gasteiger partial charge in [0, 0.05) is 50.0 Å². The molecule has 3 saturated heterocycles. The molecule has 6 rings (SSSR count). The normalized spacial score (nSPS) is 28.3. The zero-order valence-electron chi connectivity index (χ0n) is 21.2. The molecule has 4 aliphatic rings. The van der Waals surface area contributed by atoms with Crippen LogP contribution < -0.4 is 10.2 Å². The van der Waals surface area contributed by atoms with E-state index in [0.29, 0.717) is 24.7 Å². The second-order valence-corrected chi connectivity index (χ2v) is 11.0. The number of piperazine rings is 1. The quantitative estimate of drug-likeness (QED) is 0.413. The van der Waals surface area contributed by atoms with Crippen molar-refractivity contribution in [3.63, 3.8) is 0 Å². The summed E-state index contributed by atoms with van der Waals surface area (Å²) in [6.07, 6.45) is 4.39. The molecule has 3 fully saturated rings. The smallest absolute Gasteiger partial charge is 0.230 e. The van der Waals surface area contributed by atoms with E-state index < -0.39 is 17.4 Å². The molecule has 2 amide bonds. The predicted octanol–water partition coefficient (Wildman–Crippen LogP) is 3.09. The van der Waals surface area contributed by atoms with Crippen molar-refractivity contribution < 1.29 is 18.7 Å². The van der Waals surface area contributed by atoms with Crippen molar-refractivity contribution in [1.82, 2.24) is 15.1 Å². The highest BCUT2D eigenvalue weighted by atomic mass is 35.5. The van der Waals surface area contributed by atoms with Crippen LogP contribution in [0.3, 0.4) is 0 Å². The summed E-state index contributed by atoms with van der Waals surface area (Å²) in [7, 11) is 0. The second-order valence-electron chi connectivity index (χ2n) is 10.6. The summed E-state index contributed by atoms with van der Waals surface area (Å²) in [6, 6.07) is 14.2. The number of hydrogen-bond acceptors (Lipinski definition) is 5. The van der Waals surface area contributed by atoms with E-state index >= 15 is 0 Å². The SMILES string of the molecule is O=C(NCCCN1CCN(c2ccc(F)cc2)CC1)C1C2C=CC3(CN(Cc4ccccc4Cl)C(=O)C13)O2. The second kappa shape index (κ2) is 10.3. The molecule has 200 valence electrons. The van der Waals surface area contributed by atoms with Crippen molar-refractivity contribution in [3.05, 3.63) is 77.1 Å². The van der Waals surface area contributed by atoms with Crippen molar-refractivity contribution in [1.29, 1.82) is 0 Å². The number of carbonyl (C=O) groups is 2. The Morgan fingerprint density at radius 2 is 1.87 bits per heavy atom. The van der Waals surface area contributed by atoms with Gasteiger partial charge in [-0.2, -0.15) is 0 Å². The molecule has 1 spiro atoms. The standard InChI is InChI=1S/C29H32ClFN4O3/c30-23-5-2-1-4-20(23)18-35-19-29-11-10-24(38-29)25(26(29)28(35)37)27(36)32-12-3-13-33-14-16-34(17-15-33)22-8-6-21(31)7-9-22/h1-2,4-11,24-26H,3,12-19H2,(H,32,36). The molecule has 0 saturated carbocycles. The number of carbonyl (C=O) groups excluding carboxylic acids is 2. The van der Waals surface area contributed by atoms with Crippen LogP contribution in [0.2, 0.25) is 5.02 Å². The lowest BCUT2D eigenvalue weighted by atomic mass is 9.77. The Morgan fingerprint density at radius 1 is 1.11 bits per heavy atom. The molecule has 4 heterocycles. The third-order valence-electron chi connectivity index (χ3n) is 8.31. The lowest BCUT2D eigenvalue weighted by molar-refractivity contribution is -0.137. The highest BCUT2D eigenvalue weighted by molar-refractivity contribution is 6.31. The van der Waals surface area contributed by atoms with E-state index in [9.17, 15) is 14.0 Å². The maximum Gasteiger partial charge on any atom is 0.230 e. The Hall–Kier alpha value is -2.94. The van der Waals surface area contributed by atoms with Gasteiger partial charge in [0.2, 0.25) is 11.8 Å². The van der Waals surface area contributed by atoms with Crippen molar-refractivity contribution in [2.75, 3.05) is 50.7 Å². The van der Waals surface area contributed by atoms with Crippen molar-refractivity contribution in [2.45, 2.75) is 24.7 Å². The molecule has 2 bridgehead atoms. The summed E-state index contributed by atoms with van der Waals surface area (Å²) in [6.45, 7) is 5.92. The van der Waals surface area contributed by atoms with Crippen LogP contribution in [0, 0.1) is 17.7 Å². The number of fused-ring (bicyclic) bond motifs is 1. The van der Waals surface area contributed by atoms with E-state index in [1.807, 2.05) is 48.6 Å². The van der Waals surface area contributed by atoms with Gasteiger partial charge in [0.25, 0.3) is 0 Å². The van der Waals surface area contributed by atoms with Crippen molar-refractivity contribution >= 4 is 29.1 Å². The van der Waals surface area contributed by atoms with Crippen LogP contribution in [0.25, 0.3) is 0 Å². The van der Waals surface area contributed by atoms with Crippen LogP contribution in [-0.2, 0) is 20.9 Å². The maximum absolute atomic E-state index is 13.4. The van der Waals surface area contributed by atoms with Crippen LogP contribution in [0.15, 0.2) is 60.7 Å². The van der Waals surface area contributed by atoms with Crippen molar-refractivity contribution in [2.24, 2.45) is 11.8 Å². The van der Waals surface area contributed by atoms with Crippen LogP contribution >= 0.6 is 11.6 Å². The highest BCUT2D eigenvalue weighted by Crippen LogP contribution is 2.52. The minimum absolute atomic E-state index is 0.0454. The van der Waals surface area contributed by atoms with E-state index in [-0.39, 0.29) is 23.7 Å². The van der Waals surface area contributed by atoms with E-state index in [4.69, 9.17) is 16.3 Å². The van der Waals surface area contributed by atoms with Gasteiger partial charge in [-0.3, -0.25) is 14.5 Å². The zero-order valence-corrected chi connectivity index (χ0v) is 21.9. The van der Waals surface area contributed by atoms with Gasteiger partial charge in [-0.05, 0) is 48.9 Å². The molecule has 4 unspecified atom stereocenters. The number of amides is 2. The first kappa shape index (κ1) is 25.3. The predicted molar refractivity (Wildman–Crippen MR) is 143 cm³/mol. The number of hydrogen-bond donors (Lipinski definition) is 1. The molecule has 1 N–H and O–H groups in total. The number of benzene rings is 2. The molecule has 7 nitrogen and oxygen atoms in total. The Kier molecular flexibility index (Phi) is 6.88. The van der Waals surface area contributed by atoms with Gasteiger partial charge in [-0.25, -0.2) is 4.39 Å². The van der Waals surface area contributed by atoms with Crippen molar-refractivity contribution in [3.8, 4) is 0 Å². The fourth-order valence-electron chi connectivity index (χ4n) is 6.36. The topological polar surface area (TPSA) is 65.1 Å². The first-order valence-electron chi connectivity index (χ1n) is 13.3. The molecule has 0 radical (unpaired) electrons. The minimum Gasteiger partial charge on any atom is -0.369 e. The molecule has 38 heavy (non-hydrogen) atoms. The average Bonchev–Trinajstić information content (AvgIpc) is 3.57. The molecule has 2 aromatic carbocycles. The van der Waals surface area contributed by atoms with Crippen LogP contribution in [-0.4, -0.2) is 79.1 Å². The Labute approximate surface area is 227 Å². The number of halogens is 2. The fourth-order valence-corrected chi connectivity index (χ4v) is 6.55. The average molecular weight is 539 g/mol. The molecule has 4 aliphatic heterocycles. The Balaban J connectivity index is 0.987. The van der Waals surface area contributed by atoms with Crippen LogP contribution in [0.5, 0.6) is 0 Å². The summed E-state index contributed by atoms with van der Waals surface area (Å²) >= 11 is 6.33. The number of anilines is 1. The summed E-state index contributed by atoms with van der Waals surface area (Å²) in [5.74, 6) is -1.39. The zero-order chi connectivity index (χ0) is 26.3. The van der Waals surface area contributed by atoms with Gasteiger partial charge in [-0.15, -0.1) is 0 Å². The Morgan fingerprint density at radius 3 is 2.63 bits per heavy atom. The molecule has 0 aliphatic carbocycles. The van der Waals surface area contributed by atoms with E-state index in [2.05, 4.69) is 15.1 Å². The van der Waals surface area contributed by atoms with Gasteiger partial charge in [0.15, 0.2) is 0 Å². The monoisotopic (exact) mass is 538 g/mol. The highest BCUT2D eigenvalue weighted by Gasteiger charge is 2.66. The minimum atomic E-state index is -0.727. The Bertz CT molecular complexity index is 1230. The third kappa shape index (κ3) is 4.70. The van der Waals surface area contributed by atoms with Gasteiger partial charge in [0.05, 0.1) is 24.5 Å². The van der Waals surface area contributed by atoms with Crippen LogP contribution in [0.4, 0.5) is 10.1 Å². The molecular weight excluding hydrogens is 507 g/mol. The molecular formula is C29H32ClFN4O3. The molecule has 9 heteroatoms. The number of ether oxygens (including phenoxy) is 1. The maximum atomic E-state index is 13.4. The molecule has 2 aromatic rings. The van der Waals surface area contributed by atoms with Gasteiger partial charge in [0.1, 0.15) is 11.4 Å². The number of nitrogens with zero attached hydrogens (tertiary/aromatic N) is 3. The summed E-state index contributed by atoms with van der Waals surface area (Å²) in [4.78, 5) is 33.1. The first-order valence-corrected chi connectivity index (χ1v) is 13.7. The molecule has 4 atom stereocenters. The summed E-state index contributed by atoms with van der Waals surface area (Å²) in [5.41, 5.74) is 1.21.